The van der Waals surface area contributed by atoms with Crippen LogP contribution < -0.4 is 4.74 Å². The fraction of sp³-hybridized carbons (Fsp3) is 0.167. The van der Waals surface area contributed by atoms with Crippen LogP contribution in [0.25, 0.3) is 6.08 Å². The molecule has 0 aliphatic rings. The molecule has 2 aromatic carbocycles. The first-order valence-electron chi connectivity index (χ1n) is 7.16. The zero-order valence-corrected chi connectivity index (χ0v) is 13.7. The van der Waals surface area contributed by atoms with E-state index in [1.54, 1.807) is 37.3 Å². The summed E-state index contributed by atoms with van der Waals surface area (Å²) in [6, 6.07) is 14.2. The van der Waals surface area contributed by atoms with Gasteiger partial charge in [0.15, 0.2) is 0 Å². The zero-order chi connectivity index (χ0) is 16.8. The number of nitrogens with zero attached hydrogens (tertiary/aromatic N) is 1. The molecule has 120 valence electrons. The van der Waals surface area contributed by atoms with Crippen molar-refractivity contribution < 1.29 is 14.7 Å². The second-order valence-corrected chi connectivity index (χ2v) is 5.53. The lowest BCUT2D eigenvalue weighted by atomic mass is 10.1. The lowest BCUT2D eigenvalue weighted by Crippen LogP contribution is -2.32. The summed E-state index contributed by atoms with van der Waals surface area (Å²) in [5.74, 6) is 0.985. The molecular formula is C18H18ClNO3. The number of rotatable bonds is 5. The first kappa shape index (κ1) is 17.1. The molecule has 4 nitrogen and oxygen atoms in total. The van der Waals surface area contributed by atoms with Gasteiger partial charge < -0.3 is 4.74 Å². The number of benzene rings is 2. The minimum absolute atomic E-state index is 0.401. The van der Waals surface area contributed by atoms with Crippen molar-refractivity contribution in [3.05, 3.63) is 65.2 Å². The standard InChI is InChI=1S/C18H18ClNO3/c1-13(20(22)14(2)21)6-7-15-4-3-5-18(12-15)23-17-10-8-16(19)9-11-17/h3-13,22H,1-2H3. The van der Waals surface area contributed by atoms with E-state index in [0.29, 0.717) is 21.6 Å². The van der Waals surface area contributed by atoms with E-state index in [0.717, 1.165) is 5.56 Å². The fourth-order valence-electron chi connectivity index (χ4n) is 1.94. The molecule has 1 N–H and O–H groups in total. The van der Waals surface area contributed by atoms with Gasteiger partial charge in [-0.25, -0.2) is 5.06 Å². The van der Waals surface area contributed by atoms with Crippen LogP contribution in [0.5, 0.6) is 11.5 Å². The average molecular weight is 332 g/mol. The maximum Gasteiger partial charge on any atom is 0.243 e. The van der Waals surface area contributed by atoms with Crippen LogP contribution in [0.4, 0.5) is 0 Å². The Morgan fingerprint density at radius 3 is 2.57 bits per heavy atom. The summed E-state index contributed by atoms with van der Waals surface area (Å²) < 4.78 is 5.76. The molecule has 0 aromatic heterocycles. The quantitative estimate of drug-likeness (QED) is 0.634. The van der Waals surface area contributed by atoms with Crippen LogP contribution in [0.3, 0.4) is 0 Å². The first-order chi connectivity index (χ1) is 11.0. The summed E-state index contributed by atoms with van der Waals surface area (Å²) in [5.41, 5.74) is 0.903. The summed E-state index contributed by atoms with van der Waals surface area (Å²) in [4.78, 5) is 11.1. The molecule has 5 heteroatoms. The second kappa shape index (κ2) is 7.81. The first-order valence-corrected chi connectivity index (χ1v) is 7.54. The van der Waals surface area contributed by atoms with Gasteiger partial charge in [0.05, 0.1) is 6.04 Å². The van der Waals surface area contributed by atoms with Gasteiger partial charge in [0.1, 0.15) is 11.5 Å². The van der Waals surface area contributed by atoms with Crippen molar-refractivity contribution in [2.24, 2.45) is 0 Å². The van der Waals surface area contributed by atoms with E-state index in [1.807, 2.05) is 30.3 Å². The molecule has 0 saturated carbocycles. The smallest absolute Gasteiger partial charge is 0.243 e. The Kier molecular flexibility index (Phi) is 5.79. The van der Waals surface area contributed by atoms with Gasteiger partial charge in [0.2, 0.25) is 5.91 Å². The zero-order valence-electron chi connectivity index (χ0n) is 12.9. The third-order valence-corrected chi connectivity index (χ3v) is 3.44. The molecule has 1 unspecified atom stereocenters. The fourth-order valence-corrected chi connectivity index (χ4v) is 2.07. The van der Waals surface area contributed by atoms with Crippen molar-refractivity contribution in [2.75, 3.05) is 0 Å². The van der Waals surface area contributed by atoms with Crippen LogP contribution in [0.2, 0.25) is 5.02 Å². The predicted octanol–water partition coefficient (Wildman–Crippen LogP) is 4.77. The largest absolute Gasteiger partial charge is 0.457 e. The predicted molar refractivity (Wildman–Crippen MR) is 90.8 cm³/mol. The summed E-state index contributed by atoms with van der Waals surface area (Å²) >= 11 is 5.85. The van der Waals surface area contributed by atoms with Crippen molar-refractivity contribution in [1.82, 2.24) is 5.06 Å². The highest BCUT2D eigenvalue weighted by atomic mass is 35.5. The minimum atomic E-state index is -0.409. The van der Waals surface area contributed by atoms with Crippen LogP contribution in [0.15, 0.2) is 54.6 Å². The summed E-state index contributed by atoms with van der Waals surface area (Å²) in [7, 11) is 0. The highest BCUT2D eigenvalue weighted by Gasteiger charge is 2.10. The number of amides is 1. The van der Waals surface area contributed by atoms with Crippen LogP contribution in [0.1, 0.15) is 19.4 Å². The van der Waals surface area contributed by atoms with Crippen molar-refractivity contribution in [3.63, 3.8) is 0 Å². The highest BCUT2D eigenvalue weighted by Crippen LogP contribution is 2.24. The van der Waals surface area contributed by atoms with Gasteiger partial charge in [-0.2, -0.15) is 0 Å². The van der Waals surface area contributed by atoms with Gasteiger partial charge >= 0.3 is 0 Å². The van der Waals surface area contributed by atoms with Gasteiger partial charge in [-0.1, -0.05) is 35.9 Å². The maximum atomic E-state index is 11.1. The normalized spacial score (nSPS) is 12.2. The number of halogens is 1. The molecule has 0 aliphatic carbocycles. The summed E-state index contributed by atoms with van der Waals surface area (Å²) in [6.45, 7) is 3.04. The van der Waals surface area contributed by atoms with Crippen LogP contribution in [0, 0.1) is 0 Å². The number of carbonyl (C=O) groups excluding carboxylic acids is 1. The lowest BCUT2D eigenvalue weighted by molar-refractivity contribution is -0.167. The van der Waals surface area contributed by atoms with E-state index in [2.05, 4.69) is 0 Å². The van der Waals surface area contributed by atoms with Crippen LogP contribution in [-0.2, 0) is 4.79 Å². The van der Waals surface area contributed by atoms with E-state index in [-0.39, 0.29) is 0 Å². The minimum Gasteiger partial charge on any atom is -0.457 e. The molecule has 0 bridgehead atoms. The van der Waals surface area contributed by atoms with Crippen LogP contribution in [-0.4, -0.2) is 22.2 Å². The lowest BCUT2D eigenvalue weighted by Gasteiger charge is -2.17. The number of hydroxylamine groups is 2. The molecular weight excluding hydrogens is 314 g/mol. The molecule has 0 heterocycles. The van der Waals surface area contributed by atoms with Gasteiger partial charge in [-0.3, -0.25) is 10.0 Å². The molecule has 1 atom stereocenters. The molecule has 0 fully saturated rings. The van der Waals surface area contributed by atoms with E-state index in [9.17, 15) is 10.0 Å². The molecule has 0 aliphatic heterocycles. The number of hydrogen-bond donors (Lipinski definition) is 1. The van der Waals surface area contributed by atoms with E-state index in [4.69, 9.17) is 16.3 Å². The number of hydrogen-bond acceptors (Lipinski definition) is 3. The number of ether oxygens (including phenoxy) is 1. The van der Waals surface area contributed by atoms with Gasteiger partial charge in [-0.15, -0.1) is 0 Å². The molecule has 0 radical (unpaired) electrons. The van der Waals surface area contributed by atoms with Gasteiger partial charge in [0, 0.05) is 11.9 Å². The Hall–Kier alpha value is -2.30. The van der Waals surface area contributed by atoms with Gasteiger partial charge in [-0.05, 0) is 48.9 Å². The highest BCUT2D eigenvalue weighted by molar-refractivity contribution is 6.30. The monoisotopic (exact) mass is 331 g/mol. The second-order valence-electron chi connectivity index (χ2n) is 5.09. The van der Waals surface area contributed by atoms with Crippen molar-refractivity contribution in [1.29, 1.82) is 0 Å². The molecule has 2 rings (SSSR count). The Morgan fingerprint density at radius 2 is 1.91 bits per heavy atom. The Bertz CT molecular complexity index is 698. The van der Waals surface area contributed by atoms with E-state index < -0.39 is 11.9 Å². The maximum absolute atomic E-state index is 11.1. The topological polar surface area (TPSA) is 49.8 Å². The third kappa shape index (κ3) is 5.13. The van der Waals surface area contributed by atoms with Crippen LogP contribution >= 0.6 is 11.6 Å². The van der Waals surface area contributed by atoms with E-state index in [1.165, 1.54) is 6.92 Å². The third-order valence-electron chi connectivity index (χ3n) is 3.18. The molecule has 0 saturated heterocycles. The van der Waals surface area contributed by atoms with Crippen molar-refractivity contribution in [3.8, 4) is 11.5 Å². The average Bonchev–Trinajstić information content (AvgIpc) is 2.54. The Labute approximate surface area is 140 Å². The molecule has 1 amide bonds. The summed E-state index contributed by atoms with van der Waals surface area (Å²) in [6.07, 6.45) is 3.56. The molecule has 23 heavy (non-hydrogen) atoms. The Balaban J connectivity index is 2.07. The van der Waals surface area contributed by atoms with Crippen molar-refractivity contribution >= 4 is 23.6 Å². The summed E-state index contributed by atoms with van der Waals surface area (Å²) in [5, 5.41) is 10.9. The Morgan fingerprint density at radius 1 is 1.22 bits per heavy atom. The number of carbonyl (C=O) groups is 1. The van der Waals surface area contributed by atoms with Gasteiger partial charge in [0.25, 0.3) is 0 Å². The SMILES string of the molecule is CC(=O)N(O)C(C)C=Cc1cccc(Oc2ccc(Cl)cc2)c1. The molecule has 0 spiro atoms. The van der Waals surface area contributed by atoms with E-state index >= 15 is 0 Å². The van der Waals surface area contributed by atoms with Crippen molar-refractivity contribution in [2.45, 2.75) is 19.9 Å². The molecule has 2 aromatic rings.